The molecule has 1 aliphatic rings. The molecule has 2 N–H and O–H groups in total. The minimum absolute atomic E-state index is 0.328. The largest absolute Gasteiger partial charge is 0.462 e. The van der Waals surface area contributed by atoms with Gasteiger partial charge in [-0.15, -0.1) is 0 Å². The number of esters is 1. The van der Waals surface area contributed by atoms with Crippen molar-refractivity contribution in [3.63, 3.8) is 0 Å². The van der Waals surface area contributed by atoms with Crippen LogP contribution < -0.4 is 15.5 Å². The number of benzene rings is 2. The molecule has 178 valence electrons. The highest BCUT2D eigenvalue weighted by atomic mass is 16.5. The Labute approximate surface area is 201 Å². The maximum absolute atomic E-state index is 12.2. The summed E-state index contributed by atoms with van der Waals surface area (Å²) >= 11 is 0. The number of nitrogens with zero attached hydrogens (tertiary/aromatic N) is 4. The standard InChI is InChI=1S/C26H32N6O2/c1-5-34-25(33)22-7-6-8-23(19(22)3)29-24-18(2)17-27-26(30-24)28-20-9-11-21(12-10-20)32-15-13-31(4)14-16-32/h6-12,17H,5,13-16H2,1-4H3,(H2,27,28,29,30). The molecule has 4 rings (SSSR count). The summed E-state index contributed by atoms with van der Waals surface area (Å²) in [5.74, 6) is 0.848. The van der Waals surface area contributed by atoms with Crippen molar-refractivity contribution in [1.29, 1.82) is 0 Å². The molecule has 2 heterocycles. The number of carbonyl (C=O) groups is 1. The number of anilines is 5. The van der Waals surface area contributed by atoms with Gasteiger partial charge in [0.05, 0.1) is 12.2 Å². The van der Waals surface area contributed by atoms with Crippen molar-refractivity contribution in [2.75, 3.05) is 55.4 Å². The molecule has 0 aliphatic carbocycles. The van der Waals surface area contributed by atoms with Gasteiger partial charge in [0, 0.05) is 55.0 Å². The number of nitrogens with one attached hydrogen (secondary N) is 2. The number of carbonyl (C=O) groups excluding carboxylic acids is 1. The number of piperazine rings is 1. The Hall–Kier alpha value is -3.65. The molecule has 0 radical (unpaired) electrons. The molecule has 8 nitrogen and oxygen atoms in total. The number of hydrogen-bond donors (Lipinski definition) is 2. The van der Waals surface area contributed by atoms with E-state index < -0.39 is 0 Å². The second-order valence-electron chi connectivity index (χ2n) is 8.51. The van der Waals surface area contributed by atoms with Gasteiger partial charge in [-0.05, 0) is 69.8 Å². The smallest absolute Gasteiger partial charge is 0.338 e. The lowest BCUT2D eigenvalue weighted by molar-refractivity contribution is 0.0525. The van der Waals surface area contributed by atoms with E-state index >= 15 is 0 Å². The molecular formula is C26H32N6O2. The topological polar surface area (TPSA) is 82.6 Å². The van der Waals surface area contributed by atoms with E-state index in [9.17, 15) is 4.79 Å². The summed E-state index contributed by atoms with van der Waals surface area (Å²) in [6.07, 6.45) is 1.78. The third-order valence-corrected chi connectivity index (χ3v) is 6.05. The van der Waals surface area contributed by atoms with E-state index in [2.05, 4.69) is 61.7 Å². The average Bonchev–Trinajstić information content (AvgIpc) is 2.83. The lowest BCUT2D eigenvalue weighted by Gasteiger charge is -2.34. The quantitative estimate of drug-likeness (QED) is 0.499. The molecule has 0 bridgehead atoms. The number of aromatic nitrogens is 2. The van der Waals surface area contributed by atoms with Crippen LogP contribution in [-0.4, -0.2) is 60.7 Å². The zero-order valence-corrected chi connectivity index (χ0v) is 20.3. The van der Waals surface area contributed by atoms with E-state index in [1.165, 1.54) is 5.69 Å². The summed E-state index contributed by atoms with van der Waals surface area (Å²) < 4.78 is 5.17. The predicted octanol–water partition coefficient (Wildman–Crippen LogP) is 4.51. The van der Waals surface area contributed by atoms with Gasteiger partial charge in [0.2, 0.25) is 5.95 Å². The highest BCUT2D eigenvalue weighted by Crippen LogP contribution is 2.26. The lowest BCUT2D eigenvalue weighted by Crippen LogP contribution is -2.44. The molecule has 1 aliphatic heterocycles. The van der Waals surface area contributed by atoms with Crippen molar-refractivity contribution >= 4 is 34.8 Å². The van der Waals surface area contributed by atoms with Crippen LogP contribution in [0.2, 0.25) is 0 Å². The maximum atomic E-state index is 12.2. The highest BCUT2D eigenvalue weighted by molar-refractivity contribution is 5.93. The van der Waals surface area contributed by atoms with Crippen LogP contribution in [0.5, 0.6) is 0 Å². The molecule has 1 aromatic heterocycles. The van der Waals surface area contributed by atoms with Crippen molar-refractivity contribution in [2.24, 2.45) is 0 Å². The SMILES string of the molecule is CCOC(=O)c1cccc(Nc2nc(Nc3ccc(N4CCN(C)CC4)cc3)ncc2C)c1C. The van der Waals surface area contributed by atoms with Gasteiger partial charge in [0.15, 0.2) is 0 Å². The Bertz CT molecular complexity index is 1140. The second-order valence-corrected chi connectivity index (χ2v) is 8.51. The fourth-order valence-corrected chi connectivity index (χ4v) is 3.91. The van der Waals surface area contributed by atoms with Crippen LogP contribution in [0.15, 0.2) is 48.7 Å². The predicted molar refractivity (Wildman–Crippen MR) is 137 cm³/mol. The zero-order valence-electron chi connectivity index (χ0n) is 20.3. The van der Waals surface area contributed by atoms with Crippen LogP contribution in [0.1, 0.15) is 28.4 Å². The Morgan fingerprint density at radius 1 is 1.03 bits per heavy atom. The molecule has 0 saturated carbocycles. The van der Waals surface area contributed by atoms with Gasteiger partial charge < -0.3 is 25.2 Å². The molecule has 8 heteroatoms. The monoisotopic (exact) mass is 460 g/mol. The fraction of sp³-hybridized carbons (Fsp3) is 0.346. The summed E-state index contributed by atoms with van der Waals surface area (Å²) in [6.45, 7) is 10.2. The van der Waals surface area contributed by atoms with E-state index in [0.29, 0.717) is 23.9 Å². The van der Waals surface area contributed by atoms with E-state index in [0.717, 1.165) is 48.7 Å². The number of rotatable bonds is 7. The normalized spacial score (nSPS) is 14.1. The molecule has 1 fully saturated rings. The van der Waals surface area contributed by atoms with E-state index in [1.54, 1.807) is 19.2 Å². The molecule has 0 unspecified atom stereocenters. The third-order valence-electron chi connectivity index (χ3n) is 6.05. The molecule has 1 saturated heterocycles. The summed E-state index contributed by atoms with van der Waals surface area (Å²) in [4.78, 5) is 26.1. The first-order valence-corrected chi connectivity index (χ1v) is 11.6. The van der Waals surface area contributed by atoms with Crippen LogP contribution in [-0.2, 0) is 4.74 Å². The number of likely N-dealkylation sites (N-methyl/N-ethyl adjacent to an activating group) is 1. The van der Waals surface area contributed by atoms with Gasteiger partial charge in [0.1, 0.15) is 5.82 Å². The van der Waals surface area contributed by atoms with Crippen LogP contribution in [0.4, 0.5) is 28.8 Å². The van der Waals surface area contributed by atoms with Crippen molar-refractivity contribution in [3.05, 3.63) is 65.4 Å². The van der Waals surface area contributed by atoms with Gasteiger partial charge in [-0.3, -0.25) is 0 Å². The number of aryl methyl sites for hydroxylation is 1. The Morgan fingerprint density at radius 2 is 1.76 bits per heavy atom. The summed E-state index contributed by atoms with van der Waals surface area (Å²) in [5, 5.41) is 6.64. The Balaban J connectivity index is 1.48. The molecule has 3 aromatic rings. The van der Waals surface area contributed by atoms with Crippen molar-refractivity contribution in [3.8, 4) is 0 Å². The van der Waals surface area contributed by atoms with Gasteiger partial charge in [-0.2, -0.15) is 4.98 Å². The van der Waals surface area contributed by atoms with E-state index in [-0.39, 0.29) is 5.97 Å². The fourth-order valence-electron chi connectivity index (χ4n) is 3.91. The molecule has 0 spiro atoms. The maximum Gasteiger partial charge on any atom is 0.338 e. The highest BCUT2D eigenvalue weighted by Gasteiger charge is 2.15. The Kier molecular flexibility index (Phi) is 7.27. The number of ether oxygens (including phenoxy) is 1. The van der Waals surface area contributed by atoms with Crippen LogP contribution in [0.25, 0.3) is 0 Å². The minimum Gasteiger partial charge on any atom is -0.462 e. The van der Waals surface area contributed by atoms with Crippen molar-refractivity contribution < 1.29 is 9.53 Å². The molecular weight excluding hydrogens is 428 g/mol. The minimum atomic E-state index is -0.328. The first kappa shape index (κ1) is 23.5. The second kappa shape index (κ2) is 10.5. The lowest BCUT2D eigenvalue weighted by atomic mass is 10.1. The van der Waals surface area contributed by atoms with Crippen molar-refractivity contribution in [2.45, 2.75) is 20.8 Å². The first-order chi connectivity index (χ1) is 16.4. The average molecular weight is 461 g/mol. The molecule has 2 aromatic carbocycles. The third kappa shape index (κ3) is 5.46. The summed E-state index contributed by atoms with van der Waals surface area (Å²) in [6, 6.07) is 13.9. The van der Waals surface area contributed by atoms with E-state index in [4.69, 9.17) is 4.74 Å². The van der Waals surface area contributed by atoms with Crippen LogP contribution >= 0.6 is 0 Å². The van der Waals surface area contributed by atoms with Gasteiger partial charge in [-0.1, -0.05) is 6.07 Å². The Morgan fingerprint density at radius 3 is 2.47 bits per heavy atom. The first-order valence-electron chi connectivity index (χ1n) is 11.6. The van der Waals surface area contributed by atoms with Gasteiger partial charge >= 0.3 is 5.97 Å². The number of hydrogen-bond acceptors (Lipinski definition) is 8. The molecule has 0 atom stereocenters. The van der Waals surface area contributed by atoms with Crippen molar-refractivity contribution in [1.82, 2.24) is 14.9 Å². The van der Waals surface area contributed by atoms with Gasteiger partial charge in [-0.25, -0.2) is 9.78 Å². The summed E-state index contributed by atoms with van der Waals surface area (Å²) in [7, 11) is 2.16. The van der Waals surface area contributed by atoms with Crippen LogP contribution in [0.3, 0.4) is 0 Å². The summed E-state index contributed by atoms with van der Waals surface area (Å²) in [5.41, 5.74) is 5.20. The molecule has 0 amide bonds. The van der Waals surface area contributed by atoms with Crippen LogP contribution in [0, 0.1) is 13.8 Å². The van der Waals surface area contributed by atoms with Gasteiger partial charge in [0.25, 0.3) is 0 Å². The molecule has 34 heavy (non-hydrogen) atoms. The zero-order chi connectivity index (χ0) is 24.1. The van der Waals surface area contributed by atoms with E-state index in [1.807, 2.05) is 26.0 Å².